The van der Waals surface area contributed by atoms with Crippen LogP contribution in [0.1, 0.15) is 11.1 Å². The van der Waals surface area contributed by atoms with Crippen LogP contribution in [0.15, 0.2) is 57.7 Å². The molecule has 0 atom stereocenters. The van der Waals surface area contributed by atoms with Gasteiger partial charge in [0.25, 0.3) is 0 Å². The number of aryl methyl sites for hydroxylation is 2. The molecule has 0 N–H and O–H groups in total. The molecule has 4 heteroatoms. The van der Waals surface area contributed by atoms with E-state index in [0.29, 0.717) is 24.5 Å². The van der Waals surface area contributed by atoms with Gasteiger partial charge in [-0.2, -0.15) is 0 Å². The molecule has 1 heterocycles. The van der Waals surface area contributed by atoms with Crippen LogP contribution >= 0.6 is 0 Å². The molecule has 0 fully saturated rings. The SMILES string of the molecule is Cc1ccc(C)c(OCCOc2ccc3ccc(=O)oc3c2)c1. The zero-order valence-electron chi connectivity index (χ0n) is 13.2. The standard InChI is InChI=1S/C19H18O4/c1-13-3-4-14(2)17(11-13)22-10-9-21-16-7-5-15-6-8-19(20)23-18(15)12-16/h3-8,11-12H,9-10H2,1-2H3. The van der Waals surface area contributed by atoms with Crippen molar-refractivity contribution in [3.63, 3.8) is 0 Å². The highest BCUT2D eigenvalue weighted by molar-refractivity contribution is 5.77. The average Bonchev–Trinajstić information content (AvgIpc) is 2.54. The van der Waals surface area contributed by atoms with Gasteiger partial charge >= 0.3 is 5.63 Å². The molecule has 0 aliphatic heterocycles. The normalized spacial score (nSPS) is 10.7. The summed E-state index contributed by atoms with van der Waals surface area (Å²) in [7, 11) is 0. The largest absolute Gasteiger partial charge is 0.490 e. The first kappa shape index (κ1) is 15.2. The van der Waals surface area contributed by atoms with Gasteiger partial charge in [-0.15, -0.1) is 0 Å². The second kappa shape index (κ2) is 6.57. The third kappa shape index (κ3) is 3.72. The van der Waals surface area contributed by atoms with Crippen LogP contribution < -0.4 is 15.1 Å². The van der Waals surface area contributed by atoms with E-state index in [2.05, 4.69) is 6.07 Å². The molecule has 23 heavy (non-hydrogen) atoms. The predicted molar refractivity (Wildman–Crippen MR) is 89.4 cm³/mol. The molecule has 4 nitrogen and oxygen atoms in total. The lowest BCUT2D eigenvalue weighted by molar-refractivity contribution is 0.216. The molecular formula is C19H18O4. The Kier molecular flexibility index (Phi) is 4.33. The summed E-state index contributed by atoms with van der Waals surface area (Å²) in [6.07, 6.45) is 0. The Morgan fingerprint density at radius 2 is 1.70 bits per heavy atom. The van der Waals surface area contributed by atoms with Crippen LogP contribution in [0.5, 0.6) is 11.5 Å². The Hall–Kier alpha value is -2.75. The molecule has 0 spiro atoms. The van der Waals surface area contributed by atoms with Crippen molar-refractivity contribution in [3.05, 3.63) is 70.1 Å². The predicted octanol–water partition coefficient (Wildman–Crippen LogP) is 3.87. The van der Waals surface area contributed by atoms with Crippen molar-refractivity contribution < 1.29 is 13.9 Å². The molecule has 3 rings (SSSR count). The molecule has 0 saturated heterocycles. The summed E-state index contributed by atoms with van der Waals surface area (Å²) >= 11 is 0. The minimum atomic E-state index is -0.368. The van der Waals surface area contributed by atoms with Crippen molar-refractivity contribution in [2.45, 2.75) is 13.8 Å². The first-order valence-corrected chi connectivity index (χ1v) is 7.48. The molecule has 0 bridgehead atoms. The lowest BCUT2D eigenvalue weighted by atomic mass is 10.1. The summed E-state index contributed by atoms with van der Waals surface area (Å²) in [5.41, 5.74) is 2.41. The van der Waals surface area contributed by atoms with Crippen LogP contribution in [-0.4, -0.2) is 13.2 Å². The fraction of sp³-hybridized carbons (Fsp3) is 0.211. The number of rotatable bonds is 5. The summed E-state index contributed by atoms with van der Waals surface area (Å²) < 4.78 is 16.5. The van der Waals surface area contributed by atoms with Gasteiger partial charge in [0.15, 0.2) is 0 Å². The Labute approximate surface area is 134 Å². The van der Waals surface area contributed by atoms with E-state index in [-0.39, 0.29) is 5.63 Å². The molecule has 3 aromatic rings. The van der Waals surface area contributed by atoms with E-state index in [0.717, 1.165) is 22.3 Å². The fourth-order valence-corrected chi connectivity index (χ4v) is 2.30. The first-order chi connectivity index (χ1) is 11.1. The highest BCUT2D eigenvalue weighted by atomic mass is 16.5. The van der Waals surface area contributed by atoms with Gasteiger partial charge in [0.05, 0.1) is 0 Å². The summed E-state index contributed by atoms with van der Waals surface area (Å²) in [6, 6.07) is 14.7. The third-order valence-corrected chi connectivity index (χ3v) is 3.55. The topological polar surface area (TPSA) is 48.7 Å². The van der Waals surface area contributed by atoms with Gasteiger partial charge in [-0.3, -0.25) is 0 Å². The second-order valence-electron chi connectivity index (χ2n) is 5.42. The Bertz CT molecular complexity index is 880. The monoisotopic (exact) mass is 310 g/mol. The second-order valence-corrected chi connectivity index (χ2v) is 5.42. The van der Waals surface area contributed by atoms with E-state index in [1.54, 1.807) is 12.1 Å². The zero-order valence-corrected chi connectivity index (χ0v) is 13.2. The van der Waals surface area contributed by atoms with E-state index >= 15 is 0 Å². The molecule has 0 unspecified atom stereocenters. The number of ether oxygens (including phenoxy) is 2. The maximum absolute atomic E-state index is 11.2. The van der Waals surface area contributed by atoms with Crippen LogP contribution in [-0.2, 0) is 0 Å². The number of benzene rings is 2. The number of hydrogen-bond donors (Lipinski definition) is 0. The average molecular weight is 310 g/mol. The summed E-state index contributed by atoms with van der Waals surface area (Å²) in [5, 5.41) is 0.864. The number of hydrogen-bond acceptors (Lipinski definition) is 4. The van der Waals surface area contributed by atoms with E-state index in [1.165, 1.54) is 6.07 Å². The lowest BCUT2D eigenvalue weighted by Gasteiger charge is -2.11. The van der Waals surface area contributed by atoms with Crippen LogP contribution in [0.4, 0.5) is 0 Å². The zero-order chi connectivity index (χ0) is 16.2. The van der Waals surface area contributed by atoms with Crippen molar-refractivity contribution in [2.24, 2.45) is 0 Å². The van der Waals surface area contributed by atoms with Crippen molar-refractivity contribution >= 4 is 11.0 Å². The quantitative estimate of drug-likeness (QED) is 0.530. The van der Waals surface area contributed by atoms with Crippen LogP contribution in [0, 0.1) is 13.8 Å². The molecule has 0 aliphatic rings. The van der Waals surface area contributed by atoms with Gasteiger partial charge in [0.1, 0.15) is 30.3 Å². The van der Waals surface area contributed by atoms with Crippen molar-refractivity contribution in [1.29, 1.82) is 0 Å². The summed E-state index contributed by atoms with van der Waals surface area (Å²) in [4.78, 5) is 11.2. The van der Waals surface area contributed by atoms with Crippen LogP contribution in [0.25, 0.3) is 11.0 Å². The summed E-state index contributed by atoms with van der Waals surface area (Å²) in [6.45, 7) is 4.91. The van der Waals surface area contributed by atoms with Gasteiger partial charge in [-0.1, -0.05) is 12.1 Å². The van der Waals surface area contributed by atoms with Gasteiger partial charge < -0.3 is 13.9 Å². The molecule has 0 amide bonds. The van der Waals surface area contributed by atoms with E-state index in [1.807, 2.05) is 38.1 Å². The van der Waals surface area contributed by atoms with Gasteiger partial charge in [0, 0.05) is 17.5 Å². The lowest BCUT2D eigenvalue weighted by Crippen LogP contribution is -2.09. The van der Waals surface area contributed by atoms with Crippen molar-refractivity contribution in [2.75, 3.05) is 13.2 Å². The van der Waals surface area contributed by atoms with Gasteiger partial charge in [-0.05, 0) is 49.2 Å². The molecule has 0 saturated carbocycles. The van der Waals surface area contributed by atoms with E-state index in [4.69, 9.17) is 13.9 Å². The van der Waals surface area contributed by atoms with Gasteiger partial charge in [0.2, 0.25) is 0 Å². The van der Waals surface area contributed by atoms with E-state index in [9.17, 15) is 4.79 Å². The minimum absolute atomic E-state index is 0.368. The Morgan fingerprint density at radius 3 is 2.57 bits per heavy atom. The maximum atomic E-state index is 11.2. The Morgan fingerprint density at radius 1 is 0.913 bits per heavy atom. The highest BCUT2D eigenvalue weighted by Crippen LogP contribution is 2.20. The molecule has 118 valence electrons. The first-order valence-electron chi connectivity index (χ1n) is 7.48. The van der Waals surface area contributed by atoms with Crippen LogP contribution in [0.3, 0.4) is 0 Å². The fourth-order valence-electron chi connectivity index (χ4n) is 2.30. The summed E-state index contributed by atoms with van der Waals surface area (Å²) in [5.74, 6) is 1.52. The molecule has 0 aliphatic carbocycles. The van der Waals surface area contributed by atoms with E-state index < -0.39 is 0 Å². The van der Waals surface area contributed by atoms with Gasteiger partial charge in [-0.25, -0.2) is 4.79 Å². The molecule has 2 aromatic carbocycles. The third-order valence-electron chi connectivity index (χ3n) is 3.55. The Balaban J connectivity index is 1.60. The number of fused-ring (bicyclic) bond motifs is 1. The van der Waals surface area contributed by atoms with Crippen LogP contribution in [0.2, 0.25) is 0 Å². The molecular weight excluding hydrogens is 292 g/mol. The highest BCUT2D eigenvalue weighted by Gasteiger charge is 2.02. The molecule has 0 radical (unpaired) electrons. The molecule has 1 aromatic heterocycles. The minimum Gasteiger partial charge on any atom is -0.490 e. The maximum Gasteiger partial charge on any atom is 0.336 e. The van der Waals surface area contributed by atoms with Crippen molar-refractivity contribution in [1.82, 2.24) is 0 Å². The van der Waals surface area contributed by atoms with Crippen molar-refractivity contribution in [3.8, 4) is 11.5 Å². The smallest absolute Gasteiger partial charge is 0.336 e.